The Morgan fingerprint density at radius 2 is 1.57 bits per heavy atom. The summed E-state index contributed by atoms with van der Waals surface area (Å²) >= 11 is 0. The highest BCUT2D eigenvalue weighted by Gasteiger charge is 2.20. The molecule has 5 N–H and O–H groups in total. The molecule has 0 atom stereocenters. The number of pyridine rings is 1. The highest BCUT2D eigenvalue weighted by molar-refractivity contribution is 6.09. The van der Waals surface area contributed by atoms with E-state index in [1.807, 2.05) is 0 Å². The van der Waals surface area contributed by atoms with Crippen LogP contribution in [0.25, 0.3) is 0 Å². The van der Waals surface area contributed by atoms with Crippen LogP contribution >= 0.6 is 0 Å². The lowest BCUT2D eigenvalue weighted by Gasteiger charge is -2.09. The van der Waals surface area contributed by atoms with Gasteiger partial charge in [0.25, 0.3) is 5.91 Å². The summed E-state index contributed by atoms with van der Waals surface area (Å²) in [6.45, 7) is 0. The summed E-state index contributed by atoms with van der Waals surface area (Å²) in [5.41, 5.74) is -1.28. The number of carboxylic acid groups (broad SMARTS) is 2. The van der Waals surface area contributed by atoms with Gasteiger partial charge in [-0.25, -0.2) is 9.59 Å². The van der Waals surface area contributed by atoms with Gasteiger partial charge >= 0.3 is 11.9 Å². The van der Waals surface area contributed by atoms with Crippen LogP contribution in [0.2, 0.25) is 0 Å². The van der Waals surface area contributed by atoms with Crippen LogP contribution < -0.4 is 5.32 Å². The fourth-order valence-corrected chi connectivity index (χ4v) is 1.78. The number of carbonyl (C=O) groups excluding carboxylic acids is 1. The zero-order chi connectivity index (χ0) is 17.1. The molecule has 9 nitrogen and oxygen atoms in total. The number of nitrogens with one attached hydrogen (secondary N) is 1. The van der Waals surface area contributed by atoms with Crippen molar-refractivity contribution in [1.29, 1.82) is 0 Å². The minimum atomic E-state index is -1.53. The molecule has 0 radical (unpaired) electrons. The Morgan fingerprint density at radius 3 is 2.17 bits per heavy atom. The zero-order valence-corrected chi connectivity index (χ0v) is 11.3. The van der Waals surface area contributed by atoms with E-state index >= 15 is 0 Å². The Bertz CT molecular complexity index is 817. The molecule has 2 rings (SSSR count). The number of carboxylic acids is 2. The van der Waals surface area contributed by atoms with Crippen LogP contribution in [0.1, 0.15) is 31.1 Å². The van der Waals surface area contributed by atoms with Crippen LogP contribution in [0.3, 0.4) is 0 Å². The number of aromatic nitrogens is 1. The molecular formula is C14H10N2O7. The second-order valence-corrected chi connectivity index (χ2v) is 4.42. The normalized spacial score (nSPS) is 10.1. The van der Waals surface area contributed by atoms with E-state index in [0.717, 1.165) is 24.4 Å². The molecule has 0 aliphatic carbocycles. The Morgan fingerprint density at radius 1 is 0.913 bits per heavy atom. The number of phenolic OH excluding ortho intramolecular Hbond substituents is 1. The number of rotatable bonds is 4. The van der Waals surface area contributed by atoms with Gasteiger partial charge in [0.15, 0.2) is 0 Å². The number of benzene rings is 1. The number of hydrogen-bond donors (Lipinski definition) is 5. The Balaban J connectivity index is 2.36. The summed E-state index contributed by atoms with van der Waals surface area (Å²) in [6, 6.07) is 2.80. The molecule has 1 aromatic heterocycles. The number of phenols is 2. The lowest BCUT2D eigenvalue weighted by Crippen LogP contribution is -2.14. The minimum Gasteiger partial charge on any atom is -0.508 e. The van der Waals surface area contributed by atoms with Crippen molar-refractivity contribution in [2.24, 2.45) is 0 Å². The Hall–Kier alpha value is -3.62. The van der Waals surface area contributed by atoms with Crippen molar-refractivity contribution in [2.75, 3.05) is 5.32 Å². The van der Waals surface area contributed by atoms with Crippen LogP contribution in [0.15, 0.2) is 30.6 Å². The molecule has 0 saturated carbocycles. The standard InChI is InChI=1S/C14H10N2O7/c17-8-2-9(11(18)10(3-8)14(22)23)12(19)16-7-1-6(13(20)21)4-15-5-7/h1-5,17-18H,(H,16,19)(H,20,21)(H,22,23). The zero-order valence-electron chi connectivity index (χ0n) is 11.3. The average Bonchev–Trinajstić information content (AvgIpc) is 2.49. The molecule has 0 spiro atoms. The third-order valence-corrected chi connectivity index (χ3v) is 2.81. The number of carbonyl (C=O) groups is 3. The van der Waals surface area contributed by atoms with Crippen LogP contribution in [0.5, 0.6) is 11.5 Å². The fraction of sp³-hybridized carbons (Fsp3) is 0. The molecule has 0 aliphatic rings. The number of amides is 1. The van der Waals surface area contributed by atoms with Crippen molar-refractivity contribution >= 4 is 23.5 Å². The van der Waals surface area contributed by atoms with E-state index in [-0.39, 0.29) is 11.3 Å². The molecule has 1 amide bonds. The molecule has 23 heavy (non-hydrogen) atoms. The molecule has 0 fully saturated rings. The molecule has 0 saturated heterocycles. The van der Waals surface area contributed by atoms with Crippen LogP contribution in [-0.4, -0.2) is 43.3 Å². The minimum absolute atomic E-state index is 0.0227. The summed E-state index contributed by atoms with van der Waals surface area (Å²) in [7, 11) is 0. The van der Waals surface area contributed by atoms with Gasteiger partial charge in [0, 0.05) is 6.20 Å². The lowest BCUT2D eigenvalue weighted by molar-refractivity contribution is 0.0683. The molecule has 0 bridgehead atoms. The lowest BCUT2D eigenvalue weighted by atomic mass is 10.1. The van der Waals surface area contributed by atoms with Crippen LogP contribution in [0.4, 0.5) is 5.69 Å². The Labute approximate surface area is 128 Å². The molecule has 0 unspecified atom stereocenters. The number of hydrogen-bond acceptors (Lipinski definition) is 6. The van der Waals surface area contributed by atoms with Crippen molar-refractivity contribution in [2.45, 2.75) is 0 Å². The largest absolute Gasteiger partial charge is 0.508 e. The summed E-state index contributed by atoms with van der Waals surface area (Å²) in [4.78, 5) is 37.5. The van der Waals surface area contributed by atoms with Crippen molar-refractivity contribution in [1.82, 2.24) is 4.98 Å². The van der Waals surface area contributed by atoms with E-state index in [1.165, 1.54) is 6.20 Å². The first-order chi connectivity index (χ1) is 10.8. The van der Waals surface area contributed by atoms with Crippen LogP contribution in [-0.2, 0) is 0 Å². The van der Waals surface area contributed by atoms with Gasteiger partial charge in [0.2, 0.25) is 0 Å². The Kier molecular flexibility index (Phi) is 4.12. The van der Waals surface area contributed by atoms with Crippen LogP contribution in [0, 0.1) is 0 Å². The van der Waals surface area contributed by atoms with Gasteiger partial charge in [0.05, 0.1) is 23.0 Å². The number of aromatic hydroxyl groups is 2. The van der Waals surface area contributed by atoms with Gasteiger partial charge in [-0.05, 0) is 18.2 Å². The second-order valence-electron chi connectivity index (χ2n) is 4.42. The fourth-order valence-electron chi connectivity index (χ4n) is 1.78. The van der Waals surface area contributed by atoms with Gasteiger partial charge < -0.3 is 25.7 Å². The first-order valence-corrected chi connectivity index (χ1v) is 6.08. The van der Waals surface area contributed by atoms with Gasteiger partial charge in [-0.3, -0.25) is 9.78 Å². The van der Waals surface area contributed by atoms with E-state index in [2.05, 4.69) is 10.3 Å². The van der Waals surface area contributed by atoms with Crippen molar-refractivity contribution < 1.29 is 34.8 Å². The summed E-state index contributed by atoms with van der Waals surface area (Å²) < 4.78 is 0. The number of aromatic carboxylic acids is 2. The van der Waals surface area contributed by atoms with Crippen molar-refractivity contribution in [3.05, 3.63) is 47.3 Å². The molecule has 9 heteroatoms. The summed E-state index contributed by atoms with van der Waals surface area (Å²) in [5, 5.41) is 39.3. The maximum absolute atomic E-state index is 12.1. The van der Waals surface area contributed by atoms with E-state index in [1.54, 1.807) is 0 Å². The topological polar surface area (TPSA) is 157 Å². The van der Waals surface area contributed by atoms with E-state index in [9.17, 15) is 24.6 Å². The van der Waals surface area contributed by atoms with Gasteiger partial charge in [-0.15, -0.1) is 0 Å². The monoisotopic (exact) mass is 318 g/mol. The SMILES string of the molecule is O=C(O)c1cncc(NC(=O)c2cc(O)cc(C(=O)O)c2O)c1. The smallest absolute Gasteiger partial charge is 0.339 e. The summed E-state index contributed by atoms with van der Waals surface area (Å²) in [6.07, 6.45) is 2.24. The van der Waals surface area contributed by atoms with E-state index in [4.69, 9.17) is 10.2 Å². The van der Waals surface area contributed by atoms with Gasteiger partial charge in [-0.1, -0.05) is 0 Å². The van der Waals surface area contributed by atoms with E-state index in [0.29, 0.717) is 0 Å². The number of nitrogens with zero attached hydrogens (tertiary/aromatic N) is 1. The molecule has 2 aromatic rings. The molecular weight excluding hydrogens is 308 g/mol. The maximum Gasteiger partial charge on any atom is 0.339 e. The average molecular weight is 318 g/mol. The van der Waals surface area contributed by atoms with Crippen molar-refractivity contribution in [3.63, 3.8) is 0 Å². The molecule has 0 aliphatic heterocycles. The second kappa shape index (κ2) is 6.02. The highest BCUT2D eigenvalue weighted by atomic mass is 16.4. The van der Waals surface area contributed by atoms with Gasteiger partial charge in [0.1, 0.15) is 17.1 Å². The first kappa shape index (κ1) is 15.8. The third kappa shape index (κ3) is 3.35. The first-order valence-electron chi connectivity index (χ1n) is 6.08. The van der Waals surface area contributed by atoms with Gasteiger partial charge in [-0.2, -0.15) is 0 Å². The molecule has 118 valence electrons. The van der Waals surface area contributed by atoms with E-state index < -0.39 is 40.5 Å². The summed E-state index contributed by atoms with van der Waals surface area (Å²) in [5.74, 6) is -5.06. The van der Waals surface area contributed by atoms with Crippen molar-refractivity contribution in [3.8, 4) is 11.5 Å². The molecule has 1 aromatic carbocycles. The third-order valence-electron chi connectivity index (χ3n) is 2.81. The quantitative estimate of drug-likeness (QED) is 0.525. The highest BCUT2D eigenvalue weighted by Crippen LogP contribution is 2.28. The predicted octanol–water partition coefficient (Wildman–Crippen LogP) is 1.14. The predicted molar refractivity (Wildman–Crippen MR) is 75.9 cm³/mol. The maximum atomic E-state index is 12.1. The number of anilines is 1. The molecule has 1 heterocycles.